The van der Waals surface area contributed by atoms with Crippen molar-refractivity contribution < 1.29 is 4.39 Å². The molecule has 0 unspecified atom stereocenters. The molecule has 0 aliphatic rings. The molecule has 0 aromatic heterocycles. The number of unbranched alkanes of at least 4 members (excludes halogenated alkanes) is 1. The molecule has 1 aromatic rings. The van der Waals surface area contributed by atoms with Gasteiger partial charge in [0, 0.05) is 11.6 Å². The van der Waals surface area contributed by atoms with Gasteiger partial charge in [-0.25, -0.2) is 4.39 Å². The molecule has 0 aliphatic heterocycles. The summed E-state index contributed by atoms with van der Waals surface area (Å²) in [4.78, 5) is 0. The van der Waals surface area contributed by atoms with E-state index in [9.17, 15) is 4.39 Å². The van der Waals surface area contributed by atoms with Crippen molar-refractivity contribution in [3.8, 4) is 0 Å². The van der Waals surface area contributed by atoms with Gasteiger partial charge in [-0.2, -0.15) is 0 Å². The van der Waals surface area contributed by atoms with Gasteiger partial charge >= 0.3 is 0 Å². The lowest BCUT2D eigenvalue weighted by Gasteiger charge is -2.12. The summed E-state index contributed by atoms with van der Waals surface area (Å²) < 4.78 is 13.5. The van der Waals surface area contributed by atoms with Crippen molar-refractivity contribution >= 4 is 12.4 Å². The van der Waals surface area contributed by atoms with Crippen LogP contribution in [0, 0.1) is 12.7 Å². The molecule has 0 bridgehead atoms. The van der Waals surface area contributed by atoms with Crippen LogP contribution in [0.1, 0.15) is 36.4 Å². The van der Waals surface area contributed by atoms with Crippen molar-refractivity contribution in [1.29, 1.82) is 0 Å². The van der Waals surface area contributed by atoms with E-state index in [0.29, 0.717) is 12.1 Å². The van der Waals surface area contributed by atoms with Gasteiger partial charge in [-0.3, -0.25) is 0 Å². The van der Waals surface area contributed by atoms with Gasteiger partial charge in [0.1, 0.15) is 5.82 Å². The largest absolute Gasteiger partial charge is 0.330 e. The number of rotatable bonds is 5. The van der Waals surface area contributed by atoms with Gasteiger partial charge in [0.15, 0.2) is 0 Å². The second-order valence-corrected chi connectivity index (χ2v) is 3.92. The van der Waals surface area contributed by atoms with Crippen LogP contribution in [-0.2, 0) is 0 Å². The van der Waals surface area contributed by atoms with Crippen LogP contribution in [0.3, 0.4) is 0 Å². The van der Waals surface area contributed by atoms with Crippen LogP contribution in [0.2, 0.25) is 0 Å². The third-order valence-electron chi connectivity index (χ3n) is 2.52. The minimum absolute atomic E-state index is 0. The van der Waals surface area contributed by atoms with Gasteiger partial charge in [0.25, 0.3) is 0 Å². The molecule has 0 aliphatic carbocycles. The van der Waals surface area contributed by atoms with E-state index in [0.717, 1.165) is 24.8 Å². The molecule has 0 saturated heterocycles. The van der Waals surface area contributed by atoms with E-state index >= 15 is 0 Å². The maximum atomic E-state index is 13.5. The molecule has 4 heteroatoms. The molecule has 0 spiro atoms. The van der Waals surface area contributed by atoms with Crippen molar-refractivity contribution in [1.82, 2.24) is 0 Å². The van der Waals surface area contributed by atoms with Gasteiger partial charge in [0.05, 0.1) is 0 Å². The first-order valence-corrected chi connectivity index (χ1v) is 5.37. The third kappa shape index (κ3) is 4.47. The summed E-state index contributed by atoms with van der Waals surface area (Å²) in [5, 5.41) is 0. The monoisotopic (exact) mass is 246 g/mol. The van der Waals surface area contributed by atoms with Crippen LogP contribution in [0.4, 0.5) is 4.39 Å². The normalized spacial score (nSPS) is 12.0. The second kappa shape index (κ2) is 7.60. The van der Waals surface area contributed by atoms with Gasteiger partial charge in [-0.05, 0) is 37.9 Å². The van der Waals surface area contributed by atoms with Gasteiger partial charge in [-0.1, -0.05) is 18.6 Å². The highest BCUT2D eigenvalue weighted by molar-refractivity contribution is 5.85. The van der Waals surface area contributed by atoms with Crippen LogP contribution in [0.15, 0.2) is 18.2 Å². The standard InChI is InChI=1S/C12H19FN2.ClH/c1-9-5-6-10(11(13)8-9)12(15)4-2-3-7-14;/h5-6,8,12H,2-4,7,14-15H2,1H3;1H/t12-;/m1./s1. The molecular weight excluding hydrogens is 227 g/mol. The van der Waals surface area contributed by atoms with Crippen molar-refractivity contribution in [2.45, 2.75) is 32.2 Å². The van der Waals surface area contributed by atoms with Gasteiger partial charge < -0.3 is 11.5 Å². The molecule has 0 radical (unpaired) electrons. The van der Waals surface area contributed by atoms with Crippen molar-refractivity contribution in [3.05, 3.63) is 35.1 Å². The van der Waals surface area contributed by atoms with Gasteiger partial charge in [0.2, 0.25) is 0 Å². The van der Waals surface area contributed by atoms with Gasteiger partial charge in [-0.15, -0.1) is 12.4 Å². The van der Waals surface area contributed by atoms with Crippen LogP contribution < -0.4 is 11.5 Å². The minimum atomic E-state index is -0.211. The average molecular weight is 247 g/mol. The van der Waals surface area contributed by atoms with E-state index in [1.807, 2.05) is 13.0 Å². The summed E-state index contributed by atoms with van der Waals surface area (Å²) in [6.07, 6.45) is 2.68. The number of hydrogen-bond donors (Lipinski definition) is 2. The van der Waals surface area contributed by atoms with E-state index in [1.165, 1.54) is 6.07 Å². The lowest BCUT2D eigenvalue weighted by Crippen LogP contribution is -2.12. The predicted molar refractivity (Wildman–Crippen MR) is 68.2 cm³/mol. The Labute approximate surface area is 103 Å². The smallest absolute Gasteiger partial charge is 0.128 e. The molecular formula is C12H20ClFN2. The molecule has 16 heavy (non-hydrogen) atoms. The Bertz CT molecular complexity index is 318. The summed E-state index contributed by atoms with van der Waals surface area (Å²) in [6, 6.07) is 4.98. The molecule has 92 valence electrons. The number of benzene rings is 1. The molecule has 0 heterocycles. The molecule has 1 rings (SSSR count). The summed E-state index contributed by atoms with van der Waals surface area (Å²) in [7, 11) is 0. The first kappa shape index (κ1) is 15.4. The Kier molecular flexibility index (Phi) is 7.30. The molecule has 2 nitrogen and oxygen atoms in total. The van der Waals surface area contributed by atoms with Crippen LogP contribution in [0.25, 0.3) is 0 Å². The lowest BCUT2D eigenvalue weighted by atomic mass is 10.0. The van der Waals surface area contributed by atoms with E-state index in [-0.39, 0.29) is 24.3 Å². The maximum absolute atomic E-state index is 13.5. The zero-order valence-corrected chi connectivity index (χ0v) is 10.4. The fourth-order valence-corrected chi connectivity index (χ4v) is 1.60. The Balaban J connectivity index is 0.00000225. The number of aryl methyl sites for hydroxylation is 1. The Morgan fingerprint density at radius 2 is 2.00 bits per heavy atom. The third-order valence-corrected chi connectivity index (χ3v) is 2.52. The van der Waals surface area contributed by atoms with Crippen LogP contribution in [-0.4, -0.2) is 6.54 Å². The molecule has 0 amide bonds. The highest BCUT2D eigenvalue weighted by Crippen LogP contribution is 2.20. The lowest BCUT2D eigenvalue weighted by molar-refractivity contribution is 0.542. The molecule has 0 saturated carbocycles. The quantitative estimate of drug-likeness (QED) is 0.785. The van der Waals surface area contributed by atoms with E-state index in [1.54, 1.807) is 6.07 Å². The fourth-order valence-electron chi connectivity index (χ4n) is 1.60. The maximum Gasteiger partial charge on any atom is 0.128 e. The van der Waals surface area contributed by atoms with Crippen LogP contribution >= 0.6 is 12.4 Å². The van der Waals surface area contributed by atoms with Crippen molar-refractivity contribution in [2.75, 3.05) is 6.54 Å². The SMILES string of the molecule is Cc1ccc([C@H](N)CCCCN)c(F)c1.Cl. The summed E-state index contributed by atoms with van der Waals surface area (Å²) in [5.41, 5.74) is 12.8. The average Bonchev–Trinajstić information content (AvgIpc) is 2.17. The predicted octanol–water partition coefficient (Wildman–Crippen LogP) is 2.68. The van der Waals surface area contributed by atoms with E-state index in [4.69, 9.17) is 11.5 Å². The molecule has 4 N–H and O–H groups in total. The molecule has 1 atom stereocenters. The van der Waals surface area contributed by atoms with Crippen molar-refractivity contribution in [3.63, 3.8) is 0 Å². The van der Waals surface area contributed by atoms with Crippen molar-refractivity contribution in [2.24, 2.45) is 11.5 Å². The zero-order chi connectivity index (χ0) is 11.3. The number of halogens is 2. The highest BCUT2D eigenvalue weighted by Gasteiger charge is 2.10. The number of hydrogen-bond acceptors (Lipinski definition) is 2. The fraction of sp³-hybridized carbons (Fsp3) is 0.500. The highest BCUT2D eigenvalue weighted by atomic mass is 35.5. The van der Waals surface area contributed by atoms with E-state index in [2.05, 4.69) is 0 Å². The Hall–Kier alpha value is -0.640. The minimum Gasteiger partial charge on any atom is -0.330 e. The molecule has 1 aromatic carbocycles. The first-order valence-electron chi connectivity index (χ1n) is 5.37. The summed E-state index contributed by atoms with van der Waals surface area (Å²) >= 11 is 0. The summed E-state index contributed by atoms with van der Waals surface area (Å²) in [6.45, 7) is 2.54. The Morgan fingerprint density at radius 1 is 1.31 bits per heavy atom. The zero-order valence-electron chi connectivity index (χ0n) is 9.58. The topological polar surface area (TPSA) is 52.0 Å². The Morgan fingerprint density at radius 3 is 2.56 bits per heavy atom. The second-order valence-electron chi connectivity index (χ2n) is 3.92. The van der Waals surface area contributed by atoms with Crippen LogP contribution in [0.5, 0.6) is 0 Å². The number of nitrogens with two attached hydrogens (primary N) is 2. The first-order chi connectivity index (χ1) is 7.15. The van der Waals surface area contributed by atoms with E-state index < -0.39 is 0 Å². The summed E-state index contributed by atoms with van der Waals surface area (Å²) in [5.74, 6) is -0.199. The molecule has 0 fully saturated rings.